The molecule has 3 saturated carbocycles. The second-order valence-electron chi connectivity index (χ2n) is 9.85. The number of nitrogens with one attached hydrogen (secondary N) is 3. The highest BCUT2D eigenvalue weighted by molar-refractivity contribution is 6.03. The topological polar surface area (TPSA) is 140 Å². The fraction of sp³-hybridized carbons (Fsp3) is 0.417. The van der Waals surface area contributed by atoms with Crippen molar-refractivity contribution in [2.75, 3.05) is 5.32 Å². The number of rotatable bonds is 7. The molecule has 0 spiro atoms. The second kappa shape index (κ2) is 8.38. The lowest BCUT2D eigenvalue weighted by Crippen LogP contribution is -2.51. The summed E-state index contributed by atoms with van der Waals surface area (Å²) >= 11 is 0. The predicted octanol–water partition coefficient (Wildman–Crippen LogP) is 2.59. The van der Waals surface area contributed by atoms with Gasteiger partial charge in [0.15, 0.2) is 0 Å². The molecule has 0 aliphatic heterocycles. The average Bonchev–Trinajstić information content (AvgIpc) is 3.25. The van der Waals surface area contributed by atoms with Gasteiger partial charge < -0.3 is 21.1 Å². The normalized spacial score (nSPS) is 23.0. The van der Waals surface area contributed by atoms with Crippen molar-refractivity contribution in [1.29, 1.82) is 0 Å². The summed E-state index contributed by atoms with van der Waals surface area (Å²) in [5.74, 6) is -1.86. The summed E-state index contributed by atoms with van der Waals surface area (Å²) in [6.07, 6.45) is 2.34. The minimum atomic E-state index is -0.868. The van der Waals surface area contributed by atoms with Crippen LogP contribution in [0.15, 0.2) is 48.8 Å². The maximum Gasteiger partial charge on any atom is 0.412 e. The molecule has 0 aromatic heterocycles. The van der Waals surface area contributed by atoms with Gasteiger partial charge in [0.2, 0.25) is 5.91 Å². The Morgan fingerprint density at radius 2 is 1.58 bits per heavy atom. The molecule has 1 aromatic rings. The number of nitrogens with two attached hydrogens (primary N) is 1. The molecule has 3 aliphatic rings. The van der Waals surface area contributed by atoms with E-state index in [9.17, 15) is 19.2 Å². The highest BCUT2D eigenvalue weighted by atomic mass is 16.6. The monoisotopic (exact) mass is 454 g/mol. The summed E-state index contributed by atoms with van der Waals surface area (Å²) in [7, 11) is 0. The van der Waals surface area contributed by atoms with Crippen molar-refractivity contribution in [2.24, 2.45) is 11.1 Å². The summed E-state index contributed by atoms with van der Waals surface area (Å²) in [5, 5.41) is 7.48. The lowest BCUT2D eigenvalue weighted by atomic mass is 9.57. The first-order valence-corrected chi connectivity index (χ1v) is 10.7. The van der Waals surface area contributed by atoms with Crippen LogP contribution in [-0.2, 0) is 24.5 Å². The van der Waals surface area contributed by atoms with E-state index in [2.05, 4.69) is 29.1 Å². The molecule has 33 heavy (non-hydrogen) atoms. The molecule has 3 aliphatic carbocycles. The van der Waals surface area contributed by atoms with Gasteiger partial charge in [0, 0.05) is 5.69 Å². The summed E-state index contributed by atoms with van der Waals surface area (Å²) in [4.78, 5) is 47.9. The number of primary amides is 1. The molecule has 9 heteroatoms. The van der Waals surface area contributed by atoms with E-state index in [0.29, 0.717) is 24.9 Å². The van der Waals surface area contributed by atoms with E-state index in [4.69, 9.17) is 10.5 Å². The van der Waals surface area contributed by atoms with Crippen LogP contribution < -0.4 is 21.7 Å². The van der Waals surface area contributed by atoms with Crippen LogP contribution in [0.25, 0.3) is 0 Å². The number of hydrogen-bond donors (Lipinski definition) is 4. The van der Waals surface area contributed by atoms with E-state index in [-0.39, 0.29) is 22.7 Å². The molecule has 0 saturated heterocycles. The van der Waals surface area contributed by atoms with Crippen LogP contribution in [0.1, 0.15) is 52.0 Å². The Morgan fingerprint density at radius 3 is 2.12 bits per heavy atom. The molecule has 5 N–H and O–H groups in total. The van der Waals surface area contributed by atoms with Crippen molar-refractivity contribution in [3.05, 3.63) is 54.4 Å². The third kappa shape index (κ3) is 5.08. The number of fused-ring (bicyclic) bond motifs is 1. The van der Waals surface area contributed by atoms with Gasteiger partial charge in [0.05, 0.1) is 16.8 Å². The van der Waals surface area contributed by atoms with Crippen LogP contribution in [0.5, 0.6) is 0 Å². The van der Waals surface area contributed by atoms with Gasteiger partial charge in [-0.15, -0.1) is 0 Å². The Labute approximate surface area is 192 Å². The Kier molecular flexibility index (Phi) is 6.10. The molecular weight excluding hydrogens is 424 g/mol. The molecule has 1 aromatic carbocycles. The molecule has 2 bridgehead atoms. The van der Waals surface area contributed by atoms with E-state index < -0.39 is 28.9 Å². The fourth-order valence-corrected chi connectivity index (χ4v) is 4.63. The molecule has 0 heterocycles. The van der Waals surface area contributed by atoms with E-state index in [1.54, 1.807) is 20.8 Å². The van der Waals surface area contributed by atoms with Gasteiger partial charge in [0.1, 0.15) is 5.60 Å². The first-order valence-electron chi connectivity index (χ1n) is 10.7. The molecule has 3 fully saturated rings. The van der Waals surface area contributed by atoms with E-state index in [1.165, 1.54) is 0 Å². The number of carbonyl (C=O) groups excluding carboxylic acids is 4. The van der Waals surface area contributed by atoms with Gasteiger partial charge >= 0.3 is 6.09 Å². The molecule has 4 rings (SSSR count). The van der Waals surface area contributed by atoms with Crippen LogP contribution in [0.3, 0.4) is 0 Å². The van der Waals surface area contributed by atoms with Gasteiger partial charge in [-0.3, -0.25) is 19.7 Å². The molecule has 176 valence electrons. The van der Waals surface area contributed by atoms with Crippen LogP contribution in [0.4, 0.5) is 10.5 Å². The van der Waals surface area contributed by atoms with Crippen LogP contribution in [-0.4, -0.2) is 29.4 Å². The summed E-state index contributed by atoms with van der Waals surface area (Å²) < 4.78 is 5.26. The van der Waals surface area contributed by atoms with Gasteiger partial charge in [-0.2, -0.15) is 0 Å². The maximum atomic E-state index is 12.9. The van der Waals surface area contributed by atoms with Crippen LogP contribution in [0, 0.1) is 5.41 Å². The number of amides is 4. The first-order chi connectivity index (χ1) is 15.3. The molecule has 0 atom stereocenters. The number of ether oxygens (including phenoxy) is 1. The van der Waals surface area contributed by atoms with Gasteiger partial charge in [-0.1, -0.05) is 25.3 Å². The zero-order valence-electron chi connectivity index (χ0n) is 19.2. The van der Waals surface area contributed by atoms with E-state index in [1.807, 2.05) is 24.3 Å². The lowest BCUT2D eigenvalue weighted by Gasteiger charge is -2.46. The molecule has 0 radical (unpaired) electrons. The number of benzene rings is 1. The highest BCUT2D eigenvalue weighted by Gasteiger charge is 2.64. The average molecular weight is 455 g/mol. The Balaban J connectivity index is 1.57. The molecule has 0 unspecified atom stereocenters. The largest absolute Gasteiger partial charge is 0.444 e. The van der Waals surface area contributed by atoms with Gasteiger partial charge in [0.25, 0.3) is 11.8 Å². The molecule has 4 amide bonds. The van der Waals surface area contributed by atoms with Crippen molar-refractivity contribution in [3.8, 4) is 0 Å². The molecule has 9 nitrogen and oxygen atoms in total. The smallest absolute Gasteiger partial charge is 0.412 e. The fourth-order valence-electron chi connectivity index (χ4n) is 4.63. The van der Waals surface area contributed by atoms with Gasteiger partial charge in [-0.25, -0.2) is 4.79 Å². The lowest BCUT2D eigenvalue weighted by molar-refractivity contribution is -0.136. The van der Waals surface area contributed by atoms with E-state index in [0.717, 1.165) is 12.0 Å². The first kappa shape index (κ1) is 24.0. The number of carbonyl (C=O) groups is 4. The summed E-state index contributed by atoms with van der Waals surface area (Å²) in [6, 6.07) is 7.57. The zero-order chi connectivity index (χ0) is 24.6. The third-order valence-electron chi connectivity index (χ3n) is 6.16. The van der Waals surface area contributed by atoms with E-state index >= 15 is 0 Å². The van der Waals surface area contributed by atoms with Gasteiger partial charge in [-0.05, 0) is 69.6 Å². The van der Waals surface area contributed by atoms with Crippen molar-refractivity contribution >= 4 is 29.5 Å². The summed E-state index contributed by atoms with van der Waals surface area (Å²) in [6.45, 7) is 12.3. The molecular formula is C24H30N4O5. The number of anilines is 1. The Hall–Kier alpha value is -3.62. The standard InChI is InChI=1S/C24H30N4O5/c1-14(18(25)29)26-19(30)15(2)27-20(31)24-11-10-23(12-24,13-24)16-6-8-17(9-7-16)28-21(32)33-22(3,4)5/h6-9H,1-2,10-13H2,3-5H3,(H2,25,29)(H,26,30)(H,27,31)(H,28,32). The van der Waals surface area contributed by atoms with Crippen molar-refractivity contribution in [1.82, 2.24) is 10.6 Å². The Morgan fingerprint density at radius 1 is 0.970 bits per heavy atom. The minimum Gasteiger partial charge on any atom is -0.444 e. The van der Waals surface area contributed by atoms with Crippen molar-refractivity contribution < 1.29 is 23.9 Å². The van der Waals surface area contributed by atoms with Crippen molar-refractivity contribution in [3.63, 3.8) is 0 Å². The maximum absolute atomic E-state index is 12.9. The Bertz CT molecular complexity index is 1030. The SMILES string of the molecule is C=C(NC(=O)C(=C)NC(=O)C12CCC(c3ccc(NC(=O)OC(C)(C)C)cc3)(C1)C2)C(N)=O. The van der Waals surface area contributed by atoms with Crippen LogP contribution in [0.2, 0.25) is 0 Å². The zero-order valence-corrected chi connectivity index (χ0v) is 19.2. The third-order valence-corrected chi connectivity index (χ3v) is 6.16. The quantitative estimate of drug-likeness (QED) is 0.469. The van der Waals surface area contributed by atoms with Crippen molar-refractivity contribution in [2.45, 2.75) is 57.5 Å². The number of hydrogen-bond acceptors (Lipinski definition) is 5. The second-order valence-corrected chi connectivity index (χ2v) is 9.85. The predicted molar refractivity (Wildman–Crippen MR) is 123 cm³/mol. The minimum absolute atomic E-state index is 0.106. The highest BCUT2D eigenvalue weighted by Crippen LogP contribution is 2.67. The van der Waals surface area contributed by atoms with Crippen LogP contribution >= 0.6 is 0 Å². The summed E-state index contributed by atoms with van der Waals surface area (Å²) in [5.41, 5.74) is 5.09.